The summed E-state index contributed by atoms with van der Waals surface area (Å²) in [6, 6.07) is 11.2. The lowest BCUT2D eigenvalue weighted by molar-refractivity contribution is 0.386. The summed E-state index contributed by atoms with van der Waals surface area (Å²) in [5, 5.41) is 0. The number of halogens is 1. The Bertz CT molecular complexity index is 1050. The van der Waals surface area contributed by atoms with Gasteiger partial charge in [0.1, 0.15) is 0 Å². The normalized spacial score (nSPS) is 11.0. The van der Waals surface area contributed by atoms with E-state index >= 15 is 0 Å². The summed E-state index contributed by atoms with van der Waals surface area (Å²) in [5.74, 6) is -0.299. The SMILES string of the molecule is CC.CCCCNS(=O)(=O)c1ccc(-n2cncc2-c2ccc(OC)c(F)c2)cc1. The van der Waals surface area contributed by atoms with Crippen molar-refractivity contribution in [2.75, 3.05) is 13.7 Å². The number of ether oxygens (including phenoxy) is 1. The van der Waals surface area contributed by atoms with E-state index in [1.54, 1.807) is 53.5 Å². The Balaban J connectivity index is 0.00000155. The summed E-state index contributed by atoms with van der Waals surface area (Å²) in [6.07, 6.45) is 4.92. The summed E-state index contributed by atoms with van der Waals surface area (Å²) in [4.78, 5) is 4.35. The van der Waals surface area contributed by atoms with E-state index in [4.69, 9.17) is 4.74 Å². The van der Waals surface area contributed by atoms with Gasteiger partial charge in [0.05, 0.1) is 30.2 Å². The predicted octanol–water partition coefficient (Wildman–Crippen LogP) is 4.79. The first-order valence-corrected chi connectivity index (χ1v) is 11.4. The second-order valence-electron chi connectivity index (χ2n) is 6.24. The molecule has 3 rings (SSSR count). The highest BCUT2D eigenvalue weighted by Gasteiger charge is 2.14. The smallest absolute Gasteiger partial charge is 0.240 e. The van der Waals surface area contributed by atoms with E-state index < -0.39 is 15.8 Å². The van der Waals surface area contributed by atoms with E-state index in [0.29, 0.717) is 17.8 Å². The monoisotopic (exact) mass is 433 g/mol. The largest absolute Gasteiger partial charge is 0.494 e. The number of nitrogens with one attached hydrogen (secondary N) is 1. The first-order chi connectivity index (χ1) is 14.5. The second kappa shape index (κ2) is 10.9. The molecule has 0 fully saturated rings. The molecule has 0 amide bonds. The fourth-order valence-electron chi connectivity index (χ4n) is 2.79. The summed E-state index contributed by atoms with van der Waals surface area (Å²) < 4.78 is 48.0. The number of hydrogen-bond acceptors (Lipinski definition) is 4. The van der Waals surface area contributed by atoms with Gasteiger partial charge in [-0.05, 0) is 48.9 Å². The summed E-state index contributed by atoms with van der Waals surface area (Å²) in [6.45, 7) is 6.41. The summed E-state index contributed by atoms with van der Waals surface area (Å²) in [5.41, 5.74) is 2.03. The zero-order chi connectivity index (χ0) is 22.1. The van der Waals surface area contributed by atoms with Gasteiger partial charge < -0.3 is 4.74 Å². The molecule has 0 radical (unpaired) electrons. The van der Waals surface area contributed by atoms with Gasteiger partial charge in [0.25, 0.3) is 0 Å². The zero-order valence-electron chi connectivity index (χ0n) is 17.7. The number of rotatable bonds is 8. The minimum absolute atomic E-state index is 0.167. The third kappa shape index (κ3) is 5.46. The molecular weight excluding hydrogens is 405 g/mol. The Kier molecular flexibility index (Phi) is 8.56. The van der Waals surface area contributed by atoms with Crippen LogP contribution in [0.25, 0.3) is 16.9 Å². The molecule has 0 aliphatic carbocycles. The Hall–Kier alpha value is -2.71. The lowest BCUT2D eigenvalue weighted by atomic mass is 10.1. The molecule has 30 heavy (non-hydrogen) atoms. The minimum atomic E-state index is -3.53. The molecule has 0 saturated carbocycles. The fourth-order valence-corrected chi connectivity index (χ4v) is 3.87. The first kappa shape index (κ1) is 23.6. The number of methoxy groups -OCH3 is 1. The molecule has 0 aliphatic heterocycles. The fraction of sp³-hybridized carbons (Fsp3) is 0.318. The van der Waals surface area contributed by atoms with Gasteiger partial charge in [-0.1, -0.05) is 27.2 Å². The van der Waals surface area contributed by atoms with Crippen LogP contribution in [0, 0.1) is 5.82 Å². The average molecular weight is 434 g/mol. The van der Waals surface area contributed by atoms with E-state index in [1.165, 1.54) is 13.2 Å². The molecule has 2 aromatic carbocycles. The van der Waals surface area contributed by atoms with Crippen LogP contribution in [-0.4, -0.2) is 31.6 Å². The van der Waals surface area contributed by atoms with Crippen molar-refractivity contribution in [1.29, 1.82) is 0 Å². The van der Waals surface area contributed by atoms with Gasteiger partial charge in [0, 0.05) is 17.8 Å². The Morgan fingerprint density at radius 1 is 1.13 bits per heavy atom. The lowest BCUT2D eigenvalue weighted by Crippen LogP contribution is -2.24. The number of benzene rings is 2. The standard InChI is InChI=1S/C20H22FN3O3S.C2H6/c1-3-4-11-23-28(25,26)17-8-6-16(7-9-17)24-14-22-13-19(24)15-5-10-20(27-2)18(21)12-15;1-2/h5-10,12-14,23H,3-4,11H2,1-2H3;1-2H3. The van der Waals surface area contributed by atoms with Gasteiger partial charge in [0.15, 0.2) is 11.6 Å². The molecule has 0 saturated heterocycles. The van der Waals surface area contributed by atoms with Crippen molar-refractivity contribution in [3.63, 3.8) is 0 Å². The predicted molar refractivity (Wildman–Crippen MR) is 117 cm³/mol. The van der Waals surface area contributed by atoms with Crippen LogP contribution in [0.5, 0.6) is 5.75 Å². The molecule has 0 bridgehead atoms. The zero-order valence-corrected chi connectivity index (χ0v) is 18.5. The Morgan fingerprint density at radius 3 is 2.43 bits per heavy atom. The highest BCUT2D eigenvalue weighted by atomic mass is 32.2. The van der Waals surface area contributed by atoms with E-state index in [0.717, 1.165) is 18.5 Å². The molecule has 1 N–H and O–H groups in total. The van der Waals surface area contributed by atoms with Crippen molar-refractivity contribution < 1.29 is 17.5 Å². The molecule has 0 spiro atoms. The number of hydrogen-bond donors (Lipinski definition) is 1. The maximum absolute atomic E-state index is 14.1. The molecule has 3 aromatic rings. The number of imidazole rings is 1. The Labute approximate surface area is 177 Å². The highest BCUT2D eigenvalue weighted by molar-refractivity contribution is 7.89. The average Bonchev–Trinajstić information content (AvgIpc) is 3.25. The molecule has 0 unspecified atom stereocenters. The van der Waals surface area contributed by atoms with Crippen LogP contribution in [-0.2, 0) is 10.0 Å². The van der Waals surface area contributed by atoms with E-state index in [1.807, 2.05) is 20.8 Å². The molecule has 0 atom stereocenters. The molecule has 6 nitrogen and oxygen atoms in total. The highest BCUT2D eigenvalue weighted by Crippen LogP contribution is 2.27. The molecule has 1 heterocycles. The van der Waals surface area contributed by atoms with Crippen molar-refractivity contribution in [1.82, 2.24) is 14.3 Å². The van der Waals surface area contributed by atoms with Crippen LogP contribution >= 0.6 is 0 Å². The van der Waals surface area contributed by atoms with Crippen LogP contribution in [0.1, 0.15) is 33.6 Å². The van der Waals surface area contributed by atoms with Gasteiger partial charge in [-0.15, -0.1) is 0 Å². The molecule has 1 aromatic heterocycles. The van der Waals surface area contributed by atoms with Gasteiger partial charge in [-0.25, -0.2) is 22.5 Å². The van der Waals surface area contributed by atoms with E-state index in [2.05, 4.69) is 9.71 Å². The van der Waals surface area contributed by atoms with Crippen molar-refractivity contribution in [2.45, 2.75) is 38.5 Å². The van der Waals surface area contributed by atoms with Crippen molar-refractivity contribution in [2.24, 2.45) is 0 Å². The second-order valence-corrected chi connectivity index (χ2v) is 8.01. The molecule has 8 heteroatoms. The quantitative estimate of drug-likeness (QED) is 0.518. The van der Waals surface area contributed by atoms with Gasteiger partial charge in [-0.3, -0.25) is 4.57 Å². The van der Waals surface area contributed by atoms with E-state index in [-0.39, 0.29) is 10.6 Å². The third-order valence-corrected chi connectivity index (χ3v) is 5.81. The maximum atomic E-state index is 14.1. The van der Waals surface area contributed by atoms with Crippen LogP contribution in [0.3, 0.4) is 0 Å². The number of sulfonamides is 1. The first-order valence-electron chi connectivity index (χ1n) is 9.92. The van der Waals surface area contributed by atoms with Gasteiger partial charge >= 0.3 is 0 Å². The van der Waals surface area contributed by atoms with Gasteiger partial charge in [-0.2, -0.15) is 0 Å². The van der Waals surface area contributed by atoms with Crippen molar-refractivity contribution in [3.05, 3.63) is 60.8 Å². The van der Waals surface area contributed by atoms with Crippen molar-refractivity contribution >= 4 is 10.0 Å². The third-order valence-electron chi connectivity index (χ3n) is 4.33. The topological polar surface area (TPSA) is 73.2 Å². The number of nitrogens with zero attached hydrogens (tertiary/aromatic N) is 2. The molecule has 0 aliphatic rings. The maximum Gasteiger partial charge on any atom is 0.240 e. The number of aromatic nitrogens is 2. The Morgan fingerprint density at radius 2 is 1.83 bits per heavy atom. The van der Waals surface area contributed by atoms with Crippen LogP contribution < -0.4 is 9.46 Å². The van der Waals surface area contributed by atoms with Gasteiger partial charge in [0.2, 0.25) is 10.0 Å². The minimum Gasteiger partial charge on any atom is -0.494 e. The lowest BCUT2D eigenvalue weighted by Gasteiger charge is -2.11. The summed E-state index contributed by atoms with van der Waals surface area (Å²) >= 11 is 0. The van der Waals surface area contributed by atoms with E-state index in [9.17, 15) is 12.8 Å². The number of unbranched alkanes of at least 4 members (excludes halogenated alkanes) is 1. The van der Waals surface area contributed by atoms with Crippen molar-refractivity contribution in [3.8, 4) is 22.7 Å². The van der Waals surface area contributed by atoms with Crippen LogP contribution in [0.15, 0.2) is 59.9 Å². The molecular formula is C22H28FN3O3S. The summed E-state index contributed by atoms with van der Waals surface area (Å²) in [7, 11) is -2.12. The van der Waals surface area contributed by atoms with Crippen LogP contribution in [0.4, 0.5) is 4.39 Å². The molecule has 162 valence electrons. The van der Waals surface area contributed by atoms with Crippen LogP contribution in [0.2, 0.25) is 0 Å².